The third kappa shape index (κ3) is 3.71. The third-order valence-electron chi connectivity index (χ3n) is 3.77. The van der Waals surface area contributed by atoms with E-state index in [1.165, 1.54) is 4.88 Å². The van der Waals surface area contributed by atoms with E-state index in [0.29, 0.717) is 13.1 Å². The van der Waals surface area contributed by atoms with Crippen molar-refractivity contribution in [2.75, 3.05) is 38.1 Å². The molecule has 6 heteroatoms. The van der Waals surface area contributed by atoms with E-state index in [1.54, 1.807) is 11.3 Å². The molecule has 112 valence electrons. The number of anilines is 1. The predicted molar refractivity (Wildman–Crippen MR) is 82.4 cm³/mol. The zero-order valence-electron chi connectivity index (χ0n) is 12.1. The molecule has 1 aliphatic rings. The van der Waals surface area contributed by atoms with E-state index >= 15 is 0 Å². The molecule has 2 N–H and O–H groups in total. The average molecular weight is 297 g/mol. The lowest BCUT2D eigenvalue weighted by Crippen LogP contribution is -2.53. The highest BCUT2D eigenvalue weighted by molar-refractivity contribution is 7.16. The highest BCUT2D eigenvalue weighted by Gasteiger charge is 2.24. The normalized spacial score (nSPS) is 18.1. The monoisotopic (exact) mass is 297 g/mol. The average Bonchev–Trinajstić information content (AvgIpc) is 2.86. The second kappa shape index (κ2) is 7.06. The molecule has 0 spiro atoms. The fourth-order valence-electron chi connectivity index (χ4n) is 2.48. The fourth-order valence-corrected chi connectivity index (χ4v) is 3.24. The van der Waals surface area contributed by atoms with Gasteiger partial charge in [0.25, 0.3) is 0 Å². The Bertz CT molecular complexity index is 437. The number of nitrogens with one attached hydrogen (secondary N) is 1. The number of rotatable bonds is 4. The third-order valence-corrected chi connectivity index (χ3v) is 4.69. The van der Waals surface area contributed by atoms with E-state index in [0.717, 1.165) is 24.5 Å². The van der Waals surface area contributed by atoms with Crippen molar-refractivity contribution in [3.63, 3.8) is 0 Å². The molecule has 20 heavy (non-hydrogen) atoms. The van der Waals surface area contributed by atoms with Gasteiger partial charge in [0.05, 0.1) is 11.6 Å². The van der Waals surface area contributed by atoms with Crippen LogP contribution in [0.5, 0.6) is 0 Å². The van der Waals surface area contributed by atoms with Crippen LogP contribution < -0.4 is 5.32 Å². The van der Waals surface area contributed by atoms with Gasteiger partial charge >= 0.3 is 6.03 Å². The number of hydrogen-bond donors (Lipinski definition) is 2. The fraction of sp³-hybridized carbons (Fsp3) is 0.643. The molecule has 1 aromatic heterocycles. The van der Waals surface area contributed by atoms with Gasteiger partial charge in [-0.15, -0.1) is 11.3 Å². The van der Waals surface area contributed by atoms with Gasteiger partial charge in [-0.05, 0) is 25.5 Å². The van der Waals surface area contributed by atoms with Crippen molar-refractivity contribution in [3.05, 3.63) is 17.0 Å². The number of carbonyl (C=O) groups is 1. The first-order valence-electron chi connectivity index (χ1n) is 7.11. The van der Waals surface area contributed by atoms with Gasteiger partial charge in [0.15, 0.2) is 0 Å². The van der Waals surface area contributed by atoms with E-state index in [4.69, 9.17) is 0 Å². The molecule has 1 aromatic rings. The number of nitrogens with zero attached hydrogens (tertiary/aromatic N) is 2. The zero-order chi connectivity index (χ0) is 14.5. The van der Waals surface area contributed by atoms with Crippen LogP contribution in [-0.2, 0) is 0 Å². The van der Waals surface area contributed by atoms with Crippen LogP contribution in [0.3, 0.4) is 0 Å². The Balaban J connectivity index is 1.82. The molecular formula is C14H23N3O2S. The summed E-state index contributed by atoms with van der Waals surface area (Å²) in [5.41, 5.74) is 0. The first kappa shape index (κ1) is 15.3. The topological polar surface area (TPSA) is 55.8 Å². The molecule has 2 heterocycles. The Kier molecular flexibility index (Phi) is 5.39. The van der Waals surface area contributed by atoms with Gasteiger partial charge in [-0.25, -0.2) is 4.79 Å². The van der Waals surface area contributed by atoms with Crippen molar-refractivity contribution in [1.29, 1.82) is 0 Å². The van der Waals surface area contributed by atoms with E-state index in [1.807, 2.05) is 24.0 Å². The minimum atomic E-state index is -0.0245. The van der Waals surface area contributed by atoms with E-state index in [9.17, 15) is 9.90 Å². The van der Waals surface area contributed by atoms with Gasteiger partial charge in [0.2, 0.25) is 0 Å². The number of thiophene rings is 1. The van der Waals surface area contributed by atoms with Crippen LogP contribution in [0.2, 0.25) is 0 Å². The second-order valence-electron chi connectivity index (χ2n) is 5.11. The van der Waals surface area contributed by atoms with Gasteiger partial charge in [-0.2, -0.15) is 0 Å². The largest absolute Gasteiger partial charge is 0.395 e. The number of hydrogen-bond acceptors (Lipinski definition) is 4. The molecule has 1 fully saturated rings. The Morgan fingerprint density at radius 1 is 1.40 bits per heavy atom. The summed E-state index contributed by atoms with van der Waals surface area (Å²) in [5, 5.41) is 13.2. The maximum absolute atomic E-state index is 12.1. The Morgan fingerprint density at radius 2 is 2.10 bits per heavy atom. The summed E-state index contributed by atoms with van der Waals surface area (Å²) in [6.07, 6.45) is 0.942. The van der Waals surface area contributed by atoms with Crippen LogP contribution in [0.4, 0.5) is 9.80 Å². The first-order valence-corrected chi connectivity index (χ1v) is 7.93. The van der Waals surface area contributed by atoms with E-state index in [-0.39, 0.29) is 18.7 Å². The molecule has 0 aliphatic carbocycles. The summed E-state index contributed by atoms with van der Waals surface area (Å²) in [6.45, 7) is 7.39. The Labute approximate surface area is 124 Å². The zero-order valence-corrected chi connectivity index (χ0v) is 12.9. The Morgan fingerprint density at radius 3 is 2.60 bits per heavy atom. The second-order valence-corrected chi connectivity index (χ2v) is 6.40. The number of piperazine rings is 1. The molecule has 1 unspecified atom stereocenters. The maximum Gasteiger partial charge on any atom is 0.322 e. The number of aryl methyl sites for hydroxylation is 1. The molecule has 5 nitrogen and oxygen atoms in total. The summed E-state index contributed by atoms with van der Waals surface area (Å²) < 4.78 is 0. The first-order chi connectivity index (χ1) is 9.63. The predicted octanol–water partition coefficient (Wildman–Crippen LogP) is 1.98. The quantitative estimate of drug-likeness (QED) is 0.893. The summed E-state index contributed by atoms with van der Waals surface area (Å²) in [5.74, 6) is 0. The highest BCUT2D eigenvalue weighted by Crippen LogP contribution is 2.21. The lowest BCUT2D eigenvalue weighted by atomic mass is 10.2. The number of urea groups is 1. The summed E-state index contributed by atoms with van der Waals surface area (Å²) in [4.78, 5) is 17.4. The SMILES string of the molecule is CCC(CO)N1CCN(C(=O)Nc2ccc(C)s2)CC1. The molecule has 0 bridgehead atoms. The molecule has 2 rings (SSSR count). The van der Waals surface area contributed by atoms with Crippen molar-refractivity contribution in [2.45, 2.75) is 26.3 Å². The van der Waals surface area contributed by atoms with Crippen molar-refractivity contribution < 1.29 is 9.90 Å². The summed E-state index contributed by atoms with van der Waals surface area (Å²) >= 11 is 1.59. The molecular weight excluding hydrogens is 274 g/mol. The lowest BCUT2D eigenvalue weighted by Gasteiger charge is -2.38. The van der Waals surface area contributed by atoms with Gasteiger partial charge in [0, 0.05) is 37.1 Å². The van der Waals surface area contributed by atoms with Crippen LogP contribution in [0, 0.1) is 6.92 Å². The number of aliphatic hydroxyl groups excluding tert-OH is 1. The van der Waals surface area contributed by atoms with Crippen molar-refractivity contribution >= 4 is 22.4 Å². The van der Waals surface area contributed by atoms with E-state index in [2.05, 4.69) is 17.1 Å². The minimum Gasteiger partial charge on any atom is -0.395 e. The summed E-state index contributed by atoms with van der Waals surface area (Å²) in [7, 11) is 0. The minimum absolute atomic E-state index is 0.0245. The molecule has 0 radical (unpaired) electrons. The summed E-state index contributed by atoms with van der Waals surface area (Å²) in [6, 6.07) is 4.14. The molecule has 1 saturated heterocycles. The van der Waals surface area contributed by atoms with Gasteiger partial charge < -0.3 is 10.0 Å². The standard InChI is InChI=1S/C14H23N3O2S/c1-3-12(10-18)16-6-8-17(9-7-16)14(19)15-13-5-4-11(2)20-13/h4-5,12,18H,3,6-10H2,1-2H3,(H,15,19). The number of amides is 2. The number of carbonyl (C=O) groups excluding carboxylic acids is 1. The van der Waals surface area contributed by atoms with Crippen molar-refractivity contribution in [2.24, 2.45) is 0 Å². The van der Waals surface area contributed by atoms with Gasteiger partial charge in [-0.1, -0.05) is 6.92 Å². The van der Waals surface area contributed by atoms with Gasteiger partial charge in [-0.3, -0.25) is 10.2 Å². The lowest BCUT2D eigenvalue weighted by molar-refractivity contribution is 0.0766. The van der Waals surface area contributed by atoms with Crippen molar-refractivity contribution in [1.82, 2.24) is 9.80 Å². The maximum atomic E-state index is 12.1. The van der Waals surface area contributed by atoms with Crippen LogP contribution >= 0.6 is 11.3 Å². The highest BCUT2D eigenvalue weighted by atomic mass is 32.1. The van der Waals surface area contributed by atoms with Crippen LogP contribution in [0.1, 0.15) is 18.2 Å². The van der Waals surface area contributed by atoms with Crippen LogP contribution in [0.25, 0.3) is 0 Å². The molecule has 1 aliphatic heterocycles. The van der Waals surface area contributed by atoms with Gasteiger partial charge in [0.1, 0.15) is 0 Å². The molecule has 0 saturated carbocycles. The van der Waals surface area contributed by atoms with E-state index < -0.39 is 0 Å². The molecule has 0 aromatic carbocycles. The van der Waals surface area contributed by atoms with Crippen molar-refractivity contribution in [3.8, 4) is 0 Å². The molecule has 2 amide bonds. The number of aliphatic hydroxyl groups is 1. The van der Waals surface area contributed by atoms with Crippen LogP contribution in [0.15, 0.2) is 12.1 Å². The Hall–Kier alpha value is -1.11. The molecule has 1 atom stereocenters. The van der Waals surface area contributed by atoms with Crippen LogP contribution in [-0.4, -0.2) is 59.8 Å². The smallest absolute Gasteiger partial charge is 0.322 e.